The molecule has 0 saturated carbocycles. The van der Waals surface area contributed by atoms with Gasteiger partial charge in [0.2, 0.25) is 0 Å². The maximum Gasteiger partial charge on any atom is 0.114 e. The third-order valence-corrected chi connectivity index (χ3v) is 13.8. The van der Waals surface area contributed by atoms with Crippen LogP contribution in [0.15, 0.2) is 194 Å². The molecule has 10 rings (SSSR count). The second-order valence-corrected chi connectivity index (χ2v) is 17.1. The summed E-state index contributed by atoms with van der Waals surface area (Å²) < 4.78 is 9.79. The predicted molar refractivity (Wildman–Crippen MR) is 254 cm³/mol. The van der Waals surface area contributed by atoms with Crippen LogP contribution >= 0.6 is 34.4 Å². The fourth-order valence-electron chi connectivity index (χ4n) is 7.77. The maximum absolute atomic E-state index is 4.90. The number of benzene rings is 7. The lowest BCUT2D eigenvalue weighted by Crippen LogP contribution is -2.09. The van der Waals surface area contributed by atoms with Gasteiger partial charge in [-0.15, -0.1) is 22.7 Å². The van der Waals surface area contributed by atoms with E-state index in [0.717, 1.165) is 56.3 Å². The van der Waals surface area contributed by atoms with E-state index < -0.39 is 0 Å². The molecule has 0 bridgehead atoms. The maximum atomic E-state index is 4.90. The molecule has 0 radical (unpaired) electrons. The average Bonchev–Trinajstić information content (AvgIpc) is 4.05. The molecule has 0 fully saturated rings. The third-order valence-electron chi connectivity index (χ3n) is 10.6. The van der Waals surface area contributed by atoms with Gasteiger partial charge in [0.25, 0.3) is 0 Å². The number of thiophene rings is 2. The van der Waals surface area contributed by atoms with Gasteiger partial charge in [-0.05, 0) is 121 Å². The van der Waals surface area contributed by atoms with E-state index in [1.165, 1.54) is 53.5 Å². The molecule has 0 aliphatic heterocycles. The molecule has 0 atom stereocenters. The monoisotopic (exact) mass is 814 g/mol. The minimum atomic E-state index is 0.960. The molecule has 0 N–H and O–H groups in total. The first-order valence-corrected chi connectivity index (χ1v) is 21.9. The van der Waals surface area contributed by atoms with Crippen LogP contribution in [-0.4, -0.2) is 8.75 Å². The summed E-state index contributed by atoms with van der Waals surface area (Å²) in [5.74, 6) is 0. The smallest absolute Gasteiger partial charge is 0.114 e. The molecule has 0 aliphatic rings. The van der Waals surface area contributed by atoms with Crippen LogP contribution in [-0.2, 0) is 0 Å². The Hall–Kier alpha value is -6.64. The Labute approximate surface area is 356 Å². The van der Waals surface area contributed by atoms with Gasteiger partial charge >= 0.3 is 0 Å². The van der Waals surface area contributed by atoms with Gasteiger partial charge in [0, 0.05) is 64.8 Å². The van der Waals surface area contributed by atoms with Crippen molar-refractivity contribution in [3.63, 3.8) is 0 Å². The molecular weight excluding hydrogens is 777 g/mol. The van der Waals surface area contributed by atoms with E-state index in [-0.39, 0.29) is 0 Å². The lowest BCUT2D eigenvalue weighted by Gasteiger charge is -2.25. The SMILES string of the molecule is Cc1cc(-c2ccc(N(c3ccccc3)c3ccccc3)cc2)sc1-c1ccc(-c2sc(-c3ccc(N(c4ccccc4)c4ccccc4)cc3)cc2C)c2nsnc12. The highest BCUT2D eigenvalue weighted by Gasteiger charge is 2.21. The van der Waals surface area contributed by atoms with Crippen molar-refractivity contribution in [3.8, 4) is 41.8 Å². The van der Waals surface area contributed by atoms with Crippen molar-refractivity contribution in [2.75, 3.05) is 9.80 Å². The summed E-state index contributed by atoms with van der Waals surface area (Å²) in [6, 6.07) is 69.1. The Bertz CT molecular complexity index is 2710. The molecule has 59 heavy (non-hydrogen) atoms. The Morgan fingerprint density at radius 3 is 0.983 bits per heavy atom. The largest absolute Gasteiger partial charge is 0.311 e. The summed E-state index contributed by atoms with van der Waals surface area (Å²) >= 11 is 4.93. The van der Waals surface area contributed by atoms with E-state index in [1.807, 2.05) is 22.7 Å². The van der Waals surface area contributed by atoms with Crippen molar-refractivity contribution in [1.29, 1.82) is 0 Å². The van der Waals surface area contributed by atoms with Crippen molar-refractivity contribution in [2.24, 2.45) is 0 Å². The zero-order valence-electron chi connectivity index (χ0n) is 32.5. The highest BCUT2D eigenvalue weighted by atomic mass is 32.1. The van der Waals surface area contributed by atoms with Gasteiger partial charge in [0.1, 0.15) is 11.0 Å². The summed E-state index contributed by atoms with van der Waals surface area (Å²) in [5, 5.41) is 0. The topological polar surface area (TPSA) is 32.3 Å². The number of anilines is 6. The quantitative estimate of drug-likeness (QED) is 0.138. The van der Waals surface area contributed by atoms with Gasteiger partial charge in [-0.1, -0.05) is 109 Å². The van der Waals surface area contributed by atoms with Gasteiger partial charge in [-0.2, -0.15) is 8.75 Å². The van der Waals surface area contributed by atoms with Gasteiger partial charge in [-0.25, -0.2) is 0 Å². The van der Waals surface area contributed by atoms with Crippen LogP contribution in [0.1, 0.15) is 11.1 Å². The second-order valence-electron chi connectivity index (χ2n) is 14.5. The van der Waals surface area contributed by atoms with E-state index in [4.69, 9.17) is 8.75 Å². The zero-order chi connectivity index (χ0) is 39.7. The number of hydrogen-bond donors (Lipinski definition) is 0. The highest BCUT2D eigenvalue weighted by Crippen LogP contribution is 2.46. The first-order chi connectivity index (χ1) is 29.1. The number of hydrogen-bond acceptors (Lipinski definition) is 7. The van der Waals surface area contributed by atoms with Crippen molar-refractivity contribution < 1.29 is 0 Å². The van der Waals surface area contributed by atoms with Crippen molar-refractivity contribution in [1.82, 2.24) is 8.75 Å². The normalized spacial score (nSPS) is 11.2. The van der Waals surface area contributed by atoms with Gasteiger partial charge < -0.3 is 9.80 Å². The molecule has 3 aromatic heterocycles. The minimum Gasteiger partial charge on any atom is -0.311 e. The van der Waals surface area contributed by atoms with E-state index in [1.54, 1.807) is 0 Å². The van der Waals surface area contributed by atoms with Crippen LogP contribution in [0.3, 0.4) is 0 Å². The van der Waals surface area contributed by atoms with Crippen molar-refractivity contribution in [2.45, 2.75) is 13.8 Å². The number of para-hydroxylation sites is 4. The number of nitrogens with zero attached hydrogens (tertiary/aromatic N) is 4. The molecular formula is C52H38N4S3. The van der Waals surface area contributed by atoms with Gasteiger partial charge in [0.15, 0.2) is 0 Å². The lowest BCUT2D eigenvalue weighted by atomic mass is 10.0. The fraction of sp³-hybridized carbons (Fsp3) is 0.0385. The van der Waals surface area contributed by atoms with E-state index >= 15 is 0 Å². The first kappa shape index (κ1) is 36.7. The highest BCUT2D eigenvalue weighted by molar-refractivity contribution is 7.19. The average molecular weight is 815 g/mol. The standard InChI is InChI=1S/C52H38N4S3/c1-35-33-47(37-23-27-43(28-24-37)55(39-15-7-3-8-16-39)40-17-9-4-10-18-40)57-51(35)45-31-32-46(50-49(45)53-59-54-50)52-36(2)34-48(58-52)38-25-29-44(30-26-38)56(41-19-11-5-12-20-41)42-21-13-6-14-22-42/h3-34H,1-2H3. The van der Waals surface area contributed by atoms with Crippen LogP contribution in [0, 0.1) is 13.8 Å². The van der Waals surface area contributed by atoms with Crippen molar-refractivity contribution in [3.05, 3.63) is 205 Å². The number of fused-ring (bicyclic) bond motifs is 1. The van der Waals surface area contributed by atoms with Crippen LogP contribution in [0.5, 0.6) is 0 Å². The summed E-state index contributed by atoms with van der Waals surface area (Å²) in [6.07, 6.45) is 0. The predicted octanol–water partition coefficient (Wildman–Crippen LogP) is 16.0. The summed E-state index contributed by atoms with van der Waals surface area (Å²) in [4.78, 5) is 9.51. The Balaban J connectivity index is 0.936. The Kier molecular flexibility index (Phi) is 9.92. The molecule has 4 nitrogen and oxygen atoms in total. The Morgan fingerprint density at radius 1 is 0.356 bits per heavy atom. The molecule has 10 aromatic rings. The second kappa shape index (κ2) is 16.0. The third kappa shape index (κ3) is 7.14. The molecule has 0 amide bonds. The van der Waals surface area contributed by atoms with Crippen LogP contribution in [0.25, 0.3) is 52.8 Å². The fourth-order valence-corrected chi connectivity index (χ4v) is 10.8. The van der Waals surface area contributed by atoms with Crippen molar-refractivity contribution >= 4 is 79.6 Å². The van der Waals surface area contributed by atoms with Crippen LogP contribution in [0.2, 0.25) is 0 Å². The molecule has 7 heteroatoms. The van der Waals surface area contributed by atoms with Crippen LogP contribution < -0.4 is 9.80 Å². The molecule has 0 spiro atoms. The summed E-state index contributed by atoms with van der Waals surface area (Å²) in [6.45, 7) is 4.41. The van der Waals surface area contributed by atoms with E-state index in [0.29, 0.717) is 0 Å². The lowest BCUT2D eigenvalue weighted by molar-refractivity contribution is 1.28. The van der Waals surface area contributed by atoms with Gasteiger partial charge in [0.05, 0.1) is 11.7 Å². The van der Waals surface area contributed by atoms with E-state index in [2.05, 4.69) is 218 Å². The molecule has 7 aromatic carbocycles. The molecule has 284 valence electrons. The molecule has 3 heterocycles. The number of rotatable bonds is 10. The minimum absolute atomic E-state index is 0.960. The Morgan fingerprint density at radius 2 is 0.661 bits per heavy atom. The summed E-state index contributed by atoms with van der Waals surface area (Å²) in [5.41, 5.74) is 15.8. The molecule has 0 unspecified atom stereocenters. The number of aromatic nitrogens is 2. The molecule has 0 saturated heterocycles. The first-order valence-electron chi connectivity index (χ1n) is 19.6. The van der Waals surface area contributed by atoms with E-state index in [9.17, 15) is 0 Å². The summed E-state index contributed by atoms with van der Waals surface area (Å²) in [7, 11) is 0. The molecule has 0 aliphatic carbocycles. The zero-order valence-corrected chi connectivity index (χ0v) is 34.9. The number of aryl methyl sites for hydroxylation is 2. The van der Waals surface area contributed by atoms with Crippen LogP contribution in [0.4, 0.5) is 34.1 Å². The van der Waals surface area contributed by atoms with Gasteiger partial charge in [-0.3, -0.25) is 0 Å².